The molecule has 0 aliphatic carbocycles. The fourth-order valence-corrected chi connectivity index (χ4v) is 2.67. The van der Waals surface area contributed by atoms with Gasteiger partial charge in [-0.05, 0) is 42.3 Å². The molecular weight excluding hydrogens is 366 g/mol. The van der Waals surface area contributed by atoms with Crippen LogP contribution in [-0.4, -0.2) is 22.5 Å². The van der Waals surface area contributed by atoms with Gasteiger partial charge in [0.2, 0.25) is 0 Å². The van der Waals surface area contributed by atoms with Gasteiger partial charge in [0.15, 0.2) is 17.5 Å². The maximum Gasteiger partial charge on any atom is 0.310 e. The van der Waals surface area contributed by atoms with Gasteiger partial charge in [-0.3, -0.25) is 20.2 Å². The lowest BCUT2D eigenvalue weighted by molar-refractivity contribution is -0.385. The third-order valence-electron chi connectivity index (χ3n) is 4.03. The van der Waals surface area contributed by atoms with Crippen LogP contribution >= 0.6 is 12.2 Å². The normalized spacial score (nSPS) is 11.3. The number of hydrogen-bond donors (Lipinski definition) is 2. The maximum atomic E-state index is 12.0. The number of thiocarbonyl (C=S) groups is 1. The summed E-state index contributed by atoms with van der Waals surface area (Å²) in [5.41, 5.74) is 1.73. The molecule has 27 heavy (non-hydrogen) atoms. The summed E-state index contributed by atoms with van der Waals surface area (Å²) in [5.74, 6) is -0.139. The Morgan fingerprint density at radius 3 is 2.59 bits per heavy atom. The molecular formula is C19H21N3O4S. The van der Waals surface area contributed by atoms with Gasteiger partial charge in [-0.1, -0.05) is 44.2 Å². The quantitative estimate of drug-likeness (QED) is 0.424. The number of amides is 1. The minimum atomic E-state index is -0.564. The van der Waals surface area contributed by atoms with Crippen LogP contribution in [-0.2, 0) is 4.79 Å². The van der Waals surface area contributed by atoms with E-state index in [0.29, 0.717) is 5.92 Å². The molecule has 0 radical (unpaired) electrons. The fourth-order valence-electron chi connectivity index (χ4n) is 2.45. The summed E-state index contributed by atoms with van der Waals surface area (Å²) in [5, 5.41) is 16.6. The van der Waals surface area contributed by atoms with Gasteiger partial charge in [-0.15, -0.1) is 0 Å². The van der Waals surface area contributed by atoms with Gasteiger partial charge >= 0.3 is 5.69 Å². The minimum Gasteiger partial charge on any atom is -0.477 e. The smallest absolute Gasteiger partial charge is 0.310 e. The van der Waals surface area contributed by atoms with Crippen LogP contribution in [0.5, 0.6) is 5.75 Å². The molecule has 1 atom stereocenters. The zero-order valence-electron chi connectivity index (χ0n) is 15.1. The van der Waals surface area contributed by atoms with Crippen molar-refractivity contribution in [3.05, 3.63) is 64.2 Å². The molecule has 2 rings (SSSR count). The highest BCUT2D eigenvalue weighted by atomic mass is 32.1. The highest BCUT2D eigenvalue weighted by Crippen LogP contribution is 2.27. The first kappa shape index (κ1) is 20.3. The summed E-state index contributed by atoms with van der Waals surface area (Å²) in [6.07, 6.45) is 0.974. The van der Waals surface area contributed by atoms with Crippen molar-refractivity contribution in [2.45, 2.75) is 26.2 Å². The van der Waals surface area contributed by atoms with E-state index in [4.69, 9.17) is 17.0 Å². The molecule has 0 aromatic heterocycles. The number of hydrogen-bond acceptors (Lipinski definition) is 5. The molecule has 1 amide bonds. The monoisotopic (exact) mass is 387 g/mol. The third kappa shape index (κ3) is 5.75. The molecule has 0 aliphatic rings. The summed E-state index contributed by atoms with van der Waals surface area (Å²) < 4.78 is 5.25. The van der Waals surface area contributed by atoms with E-state index in [1.54, 1.807) is 6.07 Å². The molecule has 0 heterocycles. The Morgan fingerprint density at radius 1 is 1.22 bits per heavy atom. The molecule has 0 spiro atoms. The number of anilines is 1. The van der Waals surface area contributed by atoms with E-state index in [9.17, 15) is 14.9 Å². The van der Waals surface area contributed by atoms with E-state index in [0.717, 1.165) is 17.7 Å². The second kappa shape index (κ2) is 9.63. The van der Waals surface area contributed by atoms with Crippen LogP contribution in [0.1, 0.15) is 31.7 Å². The van der Waals surface area contributed by atoms with Crippen LogP contribution in [0.25, 0.3) is 0 Å². The average Bonchev–Trinajstić information content (AvgIpc) is 2.66. The fraction of sp³-hybridized carbons (Fsp3) is 0.263. The van der Waals surface area contributed by atoms with Crippen LogP contribution in [0, 0.1) is 10.1 Å². The van der Waals surface area contributed by atoms with Gasteiger partial charge in [-0.25, -0.2) is 0 Å². The van der Waals surface area contributed by atoms with Crippen LogP contribution < -0.4 is 15.4 Å². The number of nitro groups is 1. The number of benzene rings is 2. The zero-order valence-corrected chi connectivity index (χ0v) is 15.9. The van der Waals surface area contributed by atoms with Crippen molar-refractivity contribution in [3.63, 3.8) is 0 Å². The molecule has 0 saturated heterocycles. The van der Waals surface area contributed by atoms with Crippen molar-refractivity contribution < 1.29 is 14.5 Å². The molecule has 0 unspecified atom stereocenters. The van der Waals surface area contributed by atoms with Crippen LogP contribution in [0.4, 0.5) is 11.4 Å². The number of rotatable bonds is 7. The first-order valence-corrected chi connectivity index (χ1v) is 8.89. The molecule has 2 N–H and O–H groups in total. The molecule has 0 bridgehead atoms. The summed E-state index contributed by atoms with van der Waals surface area (Å²) >= 11 is 5.19. The molecule has 2 aromatic carbocycles. The predicted octanol–water partition coefficient (Wildman–Crippen LogP) is 4.00. The Morgan fingerprint density at radius 2 is 1.89 bits per heavy atom. The molecule has 8 heteroatoms. The van der Waals surface area contributed by atoms with Crippen LogP contribution in [0.15, 0.2) is 48.5 Å². The maximum absolute atomic E-state index is 12.0. The number of para-hydroxylation sites is 3. The van der Waals surface area contributed by atoms with Crippen molar-refractivity contribution >= 4 is 34.6 Å². The Hall–Kier alpha value is -3.00. The lowest BCUT2D eigenvalue weighted by atomic mass is 9.97. The first-order valence-electron chi connectivity index (χ1n) is 8.48. The van der Waals surface area contributed by atoms with E-state index >= 15 is 0 Å². The van der Waals surface area contributed by atoms with Crippen molar-refractivity contribution in [1.82, 2.24) is 5.32 Å². The molecule has 7 nitrogen and oxygen atoms in total. The van der Waals surface area contributed by atoms with E-state index in [1.165, 1.54) is 18.2 Å². The van der Waals surface area contributed by atoms with Crippen LogP contribution in [0.2, 0.25) is 0 Å². The van der Waals surface area contributed by atoms with Crippen molar-refractivity contribution in [2.75, 3.05) is 11.9 Å². The van der Waals surface area contributed by atoms with E-state index < -0.39 is 10.8 Å². The van der Waals surface area contributed by atoms with Gasteiger partial charge in [0, 0.05) is 11.8 Å². The Labute approximate surface area is 162 Å². The number of nitrogens with zero attached hydrogens (tertiary/aromatic N) is 1. The summed E-state index contributed by atoms with van der Waals surface area (Å²) in [4.78, 5) is 22.4. The lowest BCUT2D eigenvalue weighted by Gasteiger charge is -2.17. The number of nitro benzene ring substituents is 1. The van der Waals surface area contributed by atoms with E-state index in [-0.39, 0.29) is 23.2 Å². The number of nitrogens with one attached hydrogen (secondary N) is 2. The van der Waals surface area contributed by atoms with Gasteiger partial charge < -0.3 is 10.1 Å². The van der Waals surface area contributed by atoms with Gasteiger partial charge in [-0.2, -0.15) is 0 Å². The van der Waals surface area contributed by atoms with Gasteiger partial charge in [0.05, 0.1) is 4.92 Å². The molecule has 2 aromatic rings. The SMILES string of the molecule is CC[C@@H](C)c1ccccc1NC(=S)NC(=O)COc1ccccc1[N+](=O)[O-]. The largest absolute Gasteiger partial charge is 0.477 e. The molecule has 142 valence electrons. The zero-order chi connectivity index (χ0) is 19.8. The Balaban J connectivity index is 1.94. The third-order valence-corrected chi connectivity index (χ3v) is 4.23. The van der Waals surface area contributed by atoms with E-state index in [1.807, 2.05) is 24.3 Å². The standard InChI is InChI=1S/C19H21N3O4S/c1-3-13(2)14-8-4-5-9-15(14)20-19(27)21-18(23)12-26-17-11-7-6-10-16(17)22(24)25/h4-11,13H,3,12H2,1-2H3,(H2,20,21,23,27)/t13-/m1/s1. The first-order chi connectivity index (χ1) is 12.9. The lowest BCUT2D eigenvalue weighted by Crippen LogP contribution is -2.37. The number of ether oxygens (including phenoxy) is 1. The number of carbonyl (C=O) groups excluding carboxylic acids is 1. The van der Waals surface area contributed by atoms with E-state index in [2.05, 4.69) is 24.5 Å². The minimum absolute atomic E-state index is 0.0265. The summed E-state index contributed by atoms with van der Waals surface area (Å²) in [6, 6.07) is 13.6. The molecule has 0 saturated carbocycles. The molecule has 0 fully saturated rings. The summed E-state index contributed by atoms with van der Waals surface area (Å²) in [7, 11) is 0. The second-order valence-corrected chi connectivity index (χ2v) is 6.32. The van der Waals surface area contributed by atoms with Crippen LogP contribution in [0.3, 0.4) is 0 Å². The second-order valence-electron chi connectivity index (χ2n) is 5.91. The predicted molar refractivity (Wildman–Crippen MR) is 108 cm³/mol. The Kier molecular flexibility index (Phi) is 7.25. The van der Waals surface area contributed by atoms with Crippen molar-refractivity contribution in [1.29, 1.82) is 0 Å². The highest BCUT2D eigenvalue weighted by Gasteiger charge is 2.16. The van der Waals surface area contributed by atoms with Gasteiger partial charge in [0.25, 0.3) is 5.91 Å². The van der Waals surface area contributed by atoms with Crippen molar-refractivity contribution in [3.8, 4) is 5.75 Å². The van der Waals surface area contributed by atoms with Gasteiger partial charge in [0.1, 0.15) is 0 Å². The highest BCUT2D eigenvalue weighted by molar-refractivity contribution is 7.80. The van der Waals surface area contributed by atoms with Crippen molar-refractivity contribution in [2.24, 2.45) is 0 Å². The average molecular weight is 387 g/mol. The summed E-state index contributed by atoms with van der Waals surface area (Å²) in [6.45, 7) is 3.82. The topological polar surface area (TPSA) is 93.5 Å². The Bertz CT molecular complexity index is 841. The number of carbonyl (C=O) groups is 1. The molecule has 0 aliphatic heterocycles.